The van der Waals surface area contributed by atoms with E-state index in [4.69, 9.17) is 8.85 Å². The van der Waals surface area contributed by atoms with Crippen LogP contribution in [0.25, 0.3) is 0 Å². The van der Waals surface area contributed by atoms with Crippen molar-refractivity contribution in [2.75, 3.05) is 13.2 Å². The van der Waals surface area contributed by atoms with Crippen LogP contribution >= 0.6 is 0 Å². The van der Waals surface area contributed by atoms with Crippen LogP contribution in [0.3, 0.4) is 0 Å². The Balaban J connectivity index is 1.17. The summed E-state index contributed by atoms with van der Waals surface area (Å²) in [7, 11) is -4.98. The van der Waals surface area contributed by atoms with Gasteiger partial charge in [-0.2, -0.15) is 0 Å². The molecule has 6 rings (SSSR count). The van der Waals surface area contributed by atoms with Crippen molar-refractivity contribution in [3.05, 3.63) is 121 Å². The summed E-state index contributed by atoms with van der Waals surface area (Å²) in [6, 6.07) is 44.3. The zero-order chi connectivity index (χ0) is 31.0. The largest absolute Gasteiger partial charge is 0.407 e. The topological polar surface area (TPSA) is 18.5 Å². The van der Waals surface area contributed by atoms with Crippen LogP contribution in [0.15, 0.2) is 121 Å². The molecule has 0 aliphatic heterocycles. The Morgan fingerprint density at radius 3 is 0.932 bits per heavy atom. The molecule has 0 spiro atoms. The van der Waals surface area contributed by atoms with Gasteiger partial charge in [-0.1, -0.05) is 163 Å². The van der Waals surface area contributed by atoms with Crippen molar-refractivity contribution in [2.45, 2.75) is 64.5 Å². The lowest BCUT2D eigenvalue weighted by atomic mass is 10.2. The molecule has 0 heterocycles. The second-order valence-corrected chi connectivity index (χ2v) is 23.9. The van der Waals surface area contributed by atoms with Gasteiger partial charge in [-0.15, -0.1) is 0 Å². The molecule has 2 fully saturated rings. The highest BCUT2D eigenvalue weighted by Crippen LogP contribution is 2.58. The number of benzene rings is 4. The Kier molecular flexibility index (Phi) is 8.66. The first-order valence-corrected chi connectivity index (χ1v) is 20.4. The molecule has 4 heteroatoms. The standard InChI is InChI=1S/C40H50O2Si2/c1-39(2,3)43(33-19-11-7-12-20-33,34-21-13-8-14-22-34)41-29-31-27-37(31)38-28-32(38)30-42-44(40(4,5)6,35-23-15-9-16-24-35)36-25-17-10-18-26-36/h7-26,31-32,37-38H,27-30H2,1-6H3/t31-,32-,37+,38+/m0/s1. The lowest BCUT2D eigenvalue weighted by Gasteiger charge is -2.43. The van der Waals surface area contributed by atoms with E-state index in [1.165, 1.54) is 33.6 Å². The second kappa shape index (κ2) is 12.2. The third kappa shape index (κ3) is 5.82. The minimum Gasteiger partial charge on any atom is -0.407 e. The number of hydrogen-bond acceptors (Lipinski definition) is 2. The Morgan fingerprint density at radius 1 is 0.455 bits per heavy atom. The molecule has 0 aromatic heterocycles. The van der Waals surface area contributed by atoms with Gasteiger partial charge in [0.2, 0.25) is 0 Å². The lowest BCUT2D eigenvalue weighted by molar-refractivity contribution is 0.258. The highest BCUT2D eigenvalue weighted by molar-refractivity contribution is 7.00. The van der Waals surface area contributed by atoms with Crippen LogP contribution in [0.1, 0.15) is 54.4 Å². The van der Waals surface area contributed by atoms with Gasteiger partial charge in [0.15, 0.2) is 0 Å². The monoisotopic (exact) mass is 618 g/mol. The summed E-state index contributed by atoms with van der Waals surface area (Å²) >= 11 is 0. The summed E-state index contributed by atoms with van der Waals surface area (Å²) in [5, 5.41) is 5.54. The first-order chi connectivity index (χ1) is 21.1. The SMILES string of the molecule is CC(C)(C)[Si](OC[C@@H]1C[C@H]1[C@@H]1C[C@H]1CO[Si](c1ccccc1)(c1ccccc1)C(C)(C)C)(c1ccccc1)c1ccccc1. The van der Waals surface area contributed by atoms with Crippen molar-refractivity contribution in [3.8, 4) is 0 Å². The highest BCUT2D eigenvalue weighted by Gasteiger charge is 2.57. The molecule has 230 valence electrons. The molecule has 0 N–H and O–H groups in total. The van der Waals surface area contributed by atoms with Crippen molar-refractivity contribution in [2.24, 2.45) is 23.7 Å². The van der Waals surface area contributed by atoms with Crippen molar-refractivity contribution in [1.29, 1.82) is 0 Å². The summed E-state index contributed by atoms with van der Waals surface area (Å²) < 4.78 is 14.6. The van der Waals surface area contributed by atoms with Crippen LogP contribution in [-0.2, 0) is 8.85 Å². The van der Waals surface area contributed by atoms with Gasteiger partial charge < -0.3 is 8.85 Å². The molecule has 0 radical (unpaired) electrons. The molecule has 4 aromatic rings. The Hall–Kier alpha value is -2.77. The van der Waals surface area contributed by atoms with E-state index in [-0.39, 0.29) is 10.1 Å². The molecule has 2 aliphatic rings. The summed E-state index contributed by atoms with van der Waals surface area (Å²) in [5.41, 5.74) is 0. The van der Waals surface area contributed by atoms with E-state index in [1.807, 2.05) is 0 Å². The molecule has 0 amide bonds. The average Bonchev–Trinajstić information content (AvgIpc) is 3.95. The fraction of sp³-hybridized carbons (Fsp3) is 0.400. The van der Waals surface area contributed by atoms with Crippen LogP contribution < -0.4 is 20.7 Å². The highest BCUT2D eigenvalue weighted by atomic mass is 28.4. The first kappa shape index (κ1) is 31.2. The molecule has 0 bridgehead atoms. The van der Waals surface area contributed by atoms with Gasteiger partial charge in [0.25, 0.3) is 16.6 Å². The van der Waals surface area contributed by atoms with Crippen LogP contribution in [0, 0.1) is 23.7 Å². The van der Waals surface area contributed by atoms with Gasteiger partial charge in [-0.25, -0.2) is 0 Å². The van der Waals surface area contributed by atoms with Gasteiger partial charge >= 0.3 is 0 Å². The molecule has 0 unspecified atom stereocenters. The maximum absolute atomic E-state index is 7.32. The van der Waals surface area contributed by atoms with E-state index in [1.54, 1.807) is 0 Å². The van der Waals surface area contributed by atoms with Crippen molar-refractivity contribution < 1.29 is 8.85 Å². The van der Waals surface area contributed by atoms with E-state index in [9.17, 15) is 0 Å². The Morgan fingerprint density at radius 2 is 0.705 bits per heavy atom. The molecule has 0 saturated heterocycles. The first-order valence-electron chi connectivity index (χ1n) is 16.6. The van der Waals surface area contributed by atoms with E-state index >= 15 is 0 Å². The number of hydrogen-bond donors (Lipinski definition) is 0. The molecule has 2 nitrogen and oxygen atoms in total. The van der Waals surface area contributed by atoms with E-state index in [0.29, 0.717) is 11.8 Å². The minimum atomic E-state index is -2.49. The van der Waals surface area contributed by atoms with E-state index in [2.05, 4.69) is 163 Å². The Labute approximate surface area is 268 Å². The van der Waals surface area contributed by atoms with Crippen LogP contribution in [-0.4, -0.2) is 29.8 Å². The van der Waals surface area contributed by atoms with E-state index < -0.39 is 16.6 Å². The predicted molar refractivity (Wildman–Crippen MR) is 190 cm³/mol. The van der Waals surface area contributed by atoms with Gasteiger partial charge in [0, 0.05) is 13.2 Å². The normalized spacial score (nSPS) is 22.0. The van der Waals surface area contributed by atoms with Gasteiger partial charge in [-0.3, -0.25) is 0 Å². The molecule has 4 aromatic carbocycles. The fourth-order valence-corrected chi connectivity index (χ4v) is 17.2. The maximum atomic E-state index is 7.32. The van der Waals surface area contributed by atoms with Crippen molar-refractivity contribution in [3.63, 3.8) is 0 Å². The quantitative estimate of drug-likeness (QED) is 0.163. The molecule has 4 atom stereocenters. The van der Waals surface area contributed by atoms with Crippen LogP contribution in [0.5, 0.6) is 0 Å². The third-order valence-electron chi connectivity index (χ3n) is 10.4. The maximum Gasteiger partial charge on any atom is 0.261 e. The van der Waals surface area contributed by atoms with Gasteiger partial charge in [0.05, 0.1) is 0 Å². The summed E-state index contributed by atoms with van der Waals surface area (Å²) in [4.78, 5) is 0. The molecule has 2 saturated carbocycles. The summed E-state index contributed by atoms with van der Waals surface area (Å²) in [5.74, 6) is 2.83. The summed E-state index contributed by atoms with van der Waals surface area (Å²) in [6.45, 7) is 16.0. The molecule has 44 heavy (non-hydrogen) atoms. The lowest BCUT2D eigenvalue weighted by Crippen LogP contribution is -2.66. The van der Waals surface area contributed by atoms with Gasteiger partial charge in [0.1, 0.15) is 0 Å². The van der Waals surface area contributed by atoms with Crippen molar-refractivity contribution in [1.82, 2.24) is 0 Å². The zero-order valence-corrected chi connectivity index (χ0v) is 29.5. The van der Waals surface area contributed by atoms with Crippen molar-refractivity contribution >= 4 is 37.4 Å². The van der Waals surface area contributed by atoms with Gasteiger partial charge in [-0.05, 0) is 67.3 Å². The van der Waals surface area contributed by atoms with Crippen LogP contribution in [0.2, 0.25) is 10.1 Å². The van der Waals surface area contributed by atoms with E-state index in [0.717, 1.165) is 25.0 Å². The smallest absolute Gasteiger partial charge is 0.261 e. The second-order valence-electron chi connectivity index (χ2n) is 15.3. The molecule has 2 aliphatic carbocycles. The predicted octanol–water partition coefficient (Wildman–Crippen LogP) is 7.41. The number of rotatable bonds is 11. The fourth-order valence-electron chi connectivity index (χ4n) is 7.96. The van der Waals surface area contributed by atoms with Crippen LogP contribution in [0.4, 0.5) is 0 Å². The zero-order valence-electron chi connectivity index (χ0n) is 27.5. The summed E-state index contributed by atoms with van der Waals surface area (Å²) in [6.07, 6.45) is 2.58. The average molecular weight is 619 g/mol. The molecular formula is C40H50O2Si2. The molecular weight excluding hydrogens is 569 g/mol. The minimum absolute atomic E-state index is 0.0197. The third-order valence-corrected chi connectivity index (χ3v) is 20.4. The Bertz CT molecular complexity index is 1300.